The molecular weight excluding hydrogens is 308 g/mol. The van der Waals surface area contributed by atoms with Crippen molar-refractivity contribution in [3.05, 3.63) is 17.8 Å². The highest BCUT2D eigenvalue weighted by atomic mass is 19.3. The number of aryl methyl sites for hydroxylation is 1. The Hall–Kier alpha value is -1.80. The summed E-state index contributed by atoms with van der Waals surface area (Å²) in [6.07, 6.45) is 0.883. The summed E-state index contributed by atoms with van der Waals surface area (Å²) >= 11 is 0. The number of aromatic nitrogens is 1. The van der Waals surface area contributed by atoms with Crippen LogP contribution < -0.4 is 10.1 Å². The minimum Gasteiger partial charge on any atom is -0.492 e. The largest absolute Gasteiger partial charge is 0.492 e. The fourth-order valence-corrected chi connectivity index (χ4v) is 2.81. The molecule has 1 atom stereocenters. The second kappa shape index (κ2) is 7.18. The fraction of sp³-hybridized carbons (Fsp3) is 0.600. The molecule has 1 unspecified atom stereocenters. The molecule has 1 saturated heterocycles. The number of alkyl halides is 2. The molecule has 8 heteroatoms. The Labute approximate surface area is 132 Å². The maximum atomic E-state index is 12.6. The number of carbonyl (C=O) groups excluding carboxylic acids is 1. The Morgan fingerprint density at radius 2 is 2.35 bits per heavy atom. The van der Waals surface area contributed by atoms with E-state index in [9.17, 15) is 13.6 Å². The molecule has 1 aromatic rings. The highest BCUT2D eigenvalue weighted by Crippen LogP contribution is 2.25. The maximum absolute atomic E-state index is 12.6. The highest BCUT2D eigenvalue weighted by Gasteiger charge is 2.31. The summed E-state index contributed by atoms with van der Waals surface area (Å²) in [4.78, 5) is 18.0. The van der Waals surface area contributed by atoms with Gasteiger partial charge in [0.1, 0.15) is 17.6 Å². The van der Waals surface area contributed by atoms with Crippen molar-refractivity contribution in [2.75, 3.05) is 38.2 Å². The van der Waals surface area contributed by atoms with Crippen LogP contribution in [-0.2, 0) is 16.0 Å². The molecule has 3 heterocycles. The maximum Gasteiger partial charge on any atom is 0.251 e. The van der Waals surface area contributed by atoms with E-state index in [0.29, 0.717) is 25.6 Å². The monoisotopic (exact) mass is 327 g/mol. The number of fused-ring (bicyclic) bond motifs is 1. The normalized spacial score (nSPS) is 21.6. The molecule has 0 saturated carbocycles. The Morgan fingerprint density at radius 3 is 3.17 bits per heavy atom. The molecule has 126 valence electrons. The van der Waals surface area contributed by atoms with Crippen molar-refractivity contribution in [2.45, 2.75) is 25.3 Å². The lowest BCUT2D eigenvalue weighted by atomic mass is 10.1. The second-order valence-electron chi connectivity index (χ2n) is 5.60. The van der Waals surface area contributed by atoms with Crippen LogP contribution in [0.2, 0.25) is 0 Å². The molecule has 0 bridgehead atoms. The van der Waals surface area contributed by atoms with Gasteiger partial charge in [-0.15, -0.1) is 0 Å². The average molecular weight is 327 g/mol. The van der Waals surface area contributed by atoms with Crippen LogP contribution in [0.3, 0.4) is 0 Å². The number of carbonyl (C=O) groups is 1. The first-order chi connectivity index (χ1) is 11.1. The van der Waals surface area contributed by atoms with E-state index in [1.165, 1.54) is 4.90 Å². The predicted octanol–water partition coefficient (Wildman–Crippen LogP) is 1.31. The van der Waals surface area contributed by atoms with Crippen LogP contribution in [0.1, 0.15) is 12.0 Å². The molecule has 1 fully saturated rings. The number of pyridine rings is 1. The third kappa shape index (κ3) is 3.94. The topological polar surface area (TPSA) is 63.7 Å². The summed E-state index contributed by atoms with van der Waals surface area (Å²) in [5.41, 5.74) is 0.992. The lowest BCUT2D eigenvalue weighted by Crippen LogP contribution is -2.53. The van der Waals surface area contributed by atoms with Crippen LogP contribution in [-0.4, -0.2) is 61.2 Å². The van der Waals surface area contributed by atoms with Crippen molar-refractivity contribution in [1.29, 1.82) is 0 Å². The Morgan fingerprint density at radius 1 is 1.48 bits per heavy atom. The van der Waals surface area contributed by atoms with Gasteiger partial charge in [-0.3, -0.25) is 9.69 Å². The molecule has 0 aliphatic carbocycles. The van der Waals surface area contributed by atoms with E-state index in [1.807, 2.05) is 0 Å². The van der Waals surface area contributed by atoms with Gasteiger partial charge in [-0.05, 0) is 24.5 Å². The molecule has 1 N–H and O–H groups in total. The highest BCUT2D eigenvalue weighted by molar-refractivity contribution is 5.94. The molecule has 0 radical (unpaired) electrons. The van der Waals surface area contributed by atoms with Gasteiger partial charge in [-0.1, -0.05) is 0 Å². The quantitative estimate of drug-likeness (QED) is 0.903. The first-order valence-corrected chi connectivity index (χ1v) is 7.66. The van der Waals surface area contributed by atoms with Crippen LogP contribution in [0.5, 0.6) is 5.75 Å². The molecule has 23 heavy (non-hydrogen) atoms. The van der Waals surface area contributed by atoms with Crippen LogP contribution in [0, 0.1) is 0 Å². The predicted molar refractivity (Wildman–Crippen MR) is 78.9 cm³/mol. The standard InChI is InChI=1S/C15H19F2N3O3/c16-13(17)8-20-3-5-22-9-11(20)15(21)19-14-6-10-2-1-4-23-12(10)7-18-14/h6-7,11,13H,1-5,8-9H2,(H,18,19,21). The van der Waals surface area contributed by atoms with E-state index < -0.39 is 19.0 Å². The van der Waals surface area contributed by atoms with Gasteiger partial charge in [0.2, 0.25) is 5.91 Å². The van der Waals surface area contributed by atoms with E-state index in [1.54, 1.807) is 12.3 Å². The van der Waals surface area contributed by atoms with Crippen molar-refractivity contribution in [3.63, 3.8) is 0 Å². The van der Waals surface area contributed by atoms with Gasteiger partial charge in [0.05, 0.1) is 32.6 Å². The van der Waals surface area contributed by atoms with Crippen molar-refractivity contribution in [3.8, 4) is 5.75 Å². The number of ether oxygens (including phenoxy) is 2. The summed E-state index contributed by atoms with van der Waals surface area (Å²) in [5, 5.41) is 2.69. The first-order valence-electron chi connectivity index (χ1n) is 7.66. The SMILES string of the molecule is O=C(Nc1cc2c(cn1)OCCC2)C1COCCN1CC(F)F. The van der Waals surface area contributed by atoms with Gasteiger partial charge in [0.15, 0.2) is 0 Å². The molecule has 0 spiro atoms. The fourth-order valence-electron chi connectivity index (χ4n) is 2.81. The molecular formula is C15H19F2N3O3. The zero-order valence-corrected chi connectivity index (χ0v) is 12.6. The molecule has 2 aliphatic rings. The number of halogens is 2. The number of hydrogen-bond acceptors (Lipinski definition) is 5. The summed E-state index contributed by atoms with van der Waals surface area (Å²) in [5.74, 6) is 0.755. The molecule has 6 nitrogen and oxygen atoms in total. The van der Waals surface area contributed by atoms with E-state index in [-0.39, 0.29) is 12.5 Å². The summed E-state index contributed by atoms with van der Waals surface area (Å²) in [6.45, 7) is 1.00. The Balaban J connectivity index is 1.67. The molecule has 0 aromatic carbocycles. The van der Waals surface area contributed by atoms with Gasteiger partial charge < -0.3 is 14.8 Å². The van der Waals surface area contributed by atoms with Gasteiger partial charge in [0, 0.05) is 6.54 Å². The lowest BCUT2D eigenvalue weighted by molar-refractivity contribution is -0.128. The third-order valence-corrected chi connectivity index (χ3v) is 3.96. The minimum atomic E-state index is -2.48. The number of morpholine rings is 1. The van der Waals surface area contributed by atoms with Crippen LogP contribution in [0.15, 0.2) is 12.3 Å². The van der Waals surface area contributed by atoms with Gasteiger partial charge >= 0.3 is 0 Å². The van der Waals surface area contributed by atoms with Crippen molar-refractivity contribution in [2.24, 2.45) is 0 Å². The van der Waals surface area contributed by atoms with Crippen molar-refractivity contribution >= 4 is 11.7 Å². The van der Waals surface area contributed by atoms with Gasteiger partial charge in [-0.2, -0.15) is 0 Å². The number of amides is 1. The number of nitrogens with one attached hydrogen (secondary N) is 1. The number of anilines is 1. The van der Waals surface area contributed by atoms with Gasteiger partial charge in [0.25, 0.3) is 6.43 Å². The van der Waals surface area contributed by atoms with Crippen LogP contribution in [0.25, 0.3) is 0 Å². The minimum absolute atomic E-state index is 0.104. The zero-order valence-electron chi connectivity index (χ0n) is 12.6. The van der Waals surface area contributed by atoms with Crippen molar-refractivity contribution in [1.82, 2.24) is 9.88 Å². The van der Waals surface area contributed by atoms with E-state index >= 15 is 0 Å². The van der Waals surface area contributed by atoms with E-state index in [0.717, 1.165) is 24.2 Å². The third-order valence-electron chi connectivity index (χ3n) is 3.96. The van der Waals surface area contributed by atoms with E-state index in [4.69, 9.17) is 9.47 Å². The zero-order chi connectivity index (χ0) is 16.2. The van der Waals surface area contributed by atoms with E-state index in [2.05, 4.69) is 10.3 Å². The number of hydrogen-bond donors (Lipinski definition) is 1. The first kappa shape index (κ1) is 16.1. The van der Waals surface area contributed by atoms with Gasteiger partial charge in [-0.25, -0.2) is 13.8 Å². The number of nitrogens with zero attached hydrogens (tertiary/aromatic N) is 2. The lowest BCUT2D eigenvalue weighted by Gasteiger charge is -2.34. The Bertz CT molecular complexity index is 571. The molecule has 1 aromatic heterocycles. The summed E-state index contributed by atoms with van der Waals surface area (Å²) in [7, 11) is 0. The molecule has 1 amide bonds. The van der Waals surface area contributed by atoms with Crippen LogP contribution in [0.4, 0.5) is 14.6 Å². The average Bonchev–Trinajstić information content (AvgIpc) is 2.54. The smallest absolute Gasteiger partial charge is 0.251 e. The van der Waals surface area contributed by atoms with Crippen molar-refractivity contribution < 1.29 is 23.0 Å². The Kier molecular flexibility index (Phi) is 5.02. The molecule has 3 rings (SSSR count). The number of rotatable bonds is 4. The van der Waals surface area contributed by atoms with Crippen LogP contribution >= 0.6 is 0 Å². The molecule has 2 aliphatic heterocycles. The summed E-state index contributed by atoms with van der Waals surface area (Å²) in [6, 6.07) is 1.04. The summed E-state index contributed by atoms with van der Waals surface area (Å²) < 4.78 is 36.0. The second-order valence-corrected chi connectivity index (χ2v) is 5.60.